The Morgan fingerprint density at radius 2 is 2.00 bits per heavy atom. The van der Waals surface area contributed by atoms with E-state index in [0.717, 1.165) is 6.54 Å². The number of hydrogen-bond donors (Lipinski definition) is 2. The number of nitrogens with one attached hydrogen (secondary N) is 1. The molecule has 1 heterocycles. The van der Waals surface area contributed by atoms with Crippen molar-refractivity contribution in [2.45, 2.75) is 51.2 Å². The Bertz CT molecular complexity index is 202. The number of aliphatic hydroxyl groups is 1. The van der Waals surface area contributed by atoms with Gasteiger partial charge in [-0.15, -0.1) is 0 Å². The summed E-state index contributed by atoms with van der Waals surface area (Å²) in [5, 5.41) is 13.1. The van der Waals surface area contributed by atoms with Gasteiger partial charge in [0.1, 0.15) is 0 Å². The Balaban J connectivity index is 1.76. The summed E-state index contributed by atoms with van der Waals surface area (Å²) in [6, 6.07) is 0.156. The quantitative estimate of drug-likeness (QED) is 0.742. The van der Waals surface area contributed by atoms with Crippen LogP contribution in [0.1, 0.15) is 39.0 Å². The summed E-state index contributed by atoms with van der Waals surface area (Å²) < 4.78 is 5.23. The van der Waals surface area contributed by atoms with Crippen LogP contribution < -0.4 is 5.32 Å². The predicted molar refractivity (Wildman–Crippen MR) is 59.8 cm³/mol. The third-order valence-electron chi connectivity index (χ3n) is 3.90. The van der Waals surface area contributed by atoms with Crippen molar-refractivity contribution in [3.8, 4) is 0 Å². The molecule has 0 spiro atoms. The lowest BCUT2D eigenvalue weighted by molar-refractivity contribution is 0.119. The van der Waals surface area contributed by atoms with Crippen LogP contribution in [-0.2, 0) is 4.74 Å². The van der Waals surface area contributed by atoms with Gasteiger partial charge in [0.25, 0.3) is 0 Å². The van der Waals surface area contributed by atoms with Crippen molar-refractivity contribution in [3.05, 3.63) is 0 Å². The molecular weight excluding hydrogens is 190 g/mol. The van der Waals surface area contributed by atoms with Crippen molar-refractivity contribution in [2.24, 2.45) is 5.41 Å². The van der Waals surface area contributed by atoms with Gasteiger partial charge in [-0.25, -0.2) is 0 Å². The van der Waals surface area contributed by atoms with Gasteiger partial charge in [0.05, 0.1) is 25.4 Å². The lowest BCUT2D eigenvalue weighted by Crippen LogP contribution is -2.44. The maximum atomic E-state index is 9.61. The zero-order chi connectivity index (χ0) is 10.7. The van der Waals surface area contributed by atoms with Crippen LogP contribution in [-0.4, -0.2) is 37.0 Å². The van der Waals surface area contributed by atoms with Crippen molar-refractivity contribution in [3.63, 3.8) is 0 Å². The summed E-state index contributed by atoms with van der Waals surface area (Å²) in [5.41, 5.74) is 0.445. The van der Waals surface area contributed by atoms with Crippen LogP contribution in [0.15, 0.2) is 0 Å². The minimum atomic E-state index is -0.308. The van der Waals surface area contributed by atoms with E-state index < -0.39 is 0 Å². The van der Waals surface area contributed by atoms with E-state index in [1.165, 1.54) is 32.1 Å². The SMILES string of the molecule is CC1(CNC2COCC2O)CCCCC1. The molecule has 1 saturated carbocycles. The minimum Gasteiger partial charge on any atom is -0.389 e. The van der Waals surface area contributed by atoms with Crippen LogP contribution in [0.4, 0.5) is 0 Å². The molecule has 2 fully saturated rings. The highest BCUT2D eigenvalue weighted by Crippen LogP contribution is 2.35. The maximum absolute atomic E-state index is 9.61. The Kier molecular flexibility index (Phi) is 3.65. The summed E-state index contributed by atoms with van der Waals surface area (Å²) in [5.74, 6) is 0. The van der Waals surface area contributed by atoms with Gasteiger partial charge in [0, 0.05) is 6.54 Å². The van der Waals surface area contributed by atoms with Crippen LogP contribution in [0.5, 0.6) is 0 Å². The number of hydrogen-bond acceptors (Lipinski definition) is 3. The average Bonchev–Trinajstić information content (AvgIpc) is 2.62. The van der Waals surface area contributed by atoms with Crippen molar-refractivity contribution in [2.75, 3.05) is 19.8 Å². The standard InChI is InChI=1S/C12H23NO2/c1-12(5-3-2-4-6-12)9-13-10-7-15-8-11(10)14/h10-11,13-14H,2-9H2,1H3. The highest BCUT2D eigenvalue weighted by Gasteiger charge is 2.31. The van der Waals surface area contributed by atoms with Gasteiger partial charge in [0.2, 0.25) is 0 Å². The Morgan fingerprint density at radius 1 is 1.27 bits per heavy atom. The summed E-state index contributed by atoms with van der Waals surface area (Å²) in [4.78, 5) is 0. The summed E-state index contributed by atoms with van der Waals surface area (Å²) in [6.45, 7) is 4.55. The van der Waals surface area contributed by atoms with E-state index in [9.17, 15) is 5.11 Å². The Morgan fingerprint density at radius 3 is 2.60 bits per heavy atom. The number of aliphatic hydroxyl groups excluding tert-OH is 1. The molecule has 0 amide bonds. The molecule has 0 bridgehead atoms. The summed E-state index contributed by atoms with van der Waals surface area (Å²) in [6.07, 6.45) is 6.46. The number of ether oxygens (including phenoxy) is 1. The van der Waals surface area contributed by atoms with Crippen LogP contribution in [0.2, 0.25) is 0 Å². The Hall–Kier alpha value is -0.120. The largest absolute Gasteiger partial charge is 0.389 e. The smallest absolute Gasteiger partial charge is 0.0948 e. The predicted octanol–water partition coefficient (Wildman–Crippen LogP) is 1.31. The first-order valence-corrected chi connectivity index (χ1v) is 6.19. The topological polar surface area (TPSA) is 41.5 Å². The third kappa shape index (κ3) is 2.92. The van der Waals surface area contributed by atoms with E-state index in [1.807, 2.05) is 0 Å². The molecule has 1 aliphatic heterocycles. The molecule has 0 aromatic heterocycles. The van der Waals surface area contributed by atoms with E-state index in [0.29, 0.717) is 18.6 Å². The summed E-state index contributed by atoms with van der Waals surface area (Å²) >= 11 is 0. The molecule has 2 atom stereocenters. The van der Waals surface area contributed by atoms with Crippen molar-refractivity contribution < 1.29 is 9.84 Å². The fourth-order valence-corrected chi connectivity index (χ4v) is 2.70. The molecule has 0 aromatic rings. The minimum absolute atomic E-state index is 0.156. The molecule has 0 aromatic carbocycles. The molecule has 2 aliphatic rings. The Labute approximate surface area is 92.2 Å². The van der Waals surface area contributed by atoms with Crippen LogP contribution >= 0.6 is 0 Å². The van der Waals surface area contributed by atoms with E-state index in [4.69, 9.17) is 4.74 Å². The molecule has 0 radical (unpaired) electrons. The fraction of sp³-hybridized carbons (Fsp3) is 1.00. The van der Waals surface area contributed by atoms with Gasteiger partial charge in [-0.3, -0.25) is 0 Å². The first-order valence-electron chi connectivity index (χ1n) is 6.19. The zero-order valence-electron chi connectivity index (χ0n) is 9.67. The van der Waals surface area contributed by atoms with Gasteiger partial charge in [-0.2, -0.15) is 0 Å². The first kappa shape index (κ1) is 11.4. The van der Waals surface area contributed by atoms with Gasteiger partial charge < -0.3 is 15.2 Å². The molecule has 2 rings (SSSR count). The van der Waals surface area contributed by atoms with Gasteiger partial charge in [-0.1, -0.05) is 26.2 Å². The van der Waals surface area contributed by atoms with E-state index in [1.54, 1.807) is 0 Å². The average molecular weight is 213 g/mol. The lowest BCUT2D eigenvalue weighted by Gasteiger charge is -2.35. The maximum Gasteiger partial charge on any atom is 0.0948 e. The molecule has 2 N–H and O–H groups in total. The second-order valence-corrected chi connectivity index (χ2v) is 5.46. The fourth-order valence-electron chi connectivity index (χ4n) is 2.70. The molecule has 88 valence electrons. The summed E-state index contributed by atoms with van der Waals surface area (Å²) in [7, 11) is 0. The molecule has 15 heavy (non-hydrogen) atoms. The van der Waals surface area contributed by atoms with Crippen molar-refractivity contribution >= 4 is 0 Å². The first-order chi connectivity index (χ1) is 7.20. The molecule has 1 saturated heterocycles. The monoisotopic (exact) mass is 213 g/mol. The van der Waals surface area contributed by atoms with E-state index in [-0.39, 0.29) is 12.1 Å². The highest BCUT2D eigenvalue weighted by molar-refractivity contribution is 4.86. The molecule has 3 nitrogen and oxygen atoms in total. The third-order valence-corrected chi connectivity index (χ3v) is 3.90. The normalized spacial score (nSPS) is 35.6. The molecule has 3 heteroatoms. The van der Waals surface area contributed by atoms with Gasteiger partial charge in [0.15, 0.2) is 0 Å². The number of rotatable bonds is 3. The van der Waals surface area contributed by atoms with Crippen LogP contribution in [0.25, 0.3) is 0 Å². The molecular formula is C12H23NO2. The second-order valence-electron chi connectivity index (χ2n) is 5.46. The van der Waals surface area contributed by atoms with Crippen molar-refractivity contribution in [1.29, 1.82) is 0 Å². The van der Waals surface area contributed by atoms with Crippen LogP contribution in [0, 0.1) is 5.41 Å². The molecule has 2 unspecified atom stereocenters. The lowest BCUT2D eigenvalue weighted by atomic mass is 9.75. The van der Waals surface area contributed by atoms with Gasteiger partial charge in [-0.05, 0) is 18.3 Å². The van der Waals surface area contributed by atoms with E-state index in [2.05, 4.69) is 12.2 Å². The van der Waals surface area contributed by atoms with Crippen LogP contribution in [0.3, 0.4) is 0 Å². The van der Waals surface area contributed by atoms with Crippen molar-refractivity contribution in [1.82, 2.24) is 5.32 Å². The zero-order valence-corrected chi connectivity index (χ0v) is 9.67. The second kappa shape index (κ2) is 4.81. The molecule has 1 aliphatic carbocycles. The van der Waals surface area contributed by atoms with E-state index >= 15 is 0 Å². The van der Waals surface area contributed by atoms with Gasteiger partial charge >= 0.3 is 0 Å². The highest BCUT2D eigenvalue weighted by atomic mass is 16.5.